The molecule has 8 heteroatoms. The van der Waals surface area contributed by atoms with Crippen LogP contribution in [0.3, 0.4) is 0 Å². The quantitative estimate of drug-likeness (QED) is 0.296. The molecule has 0 spiro atoms. The maximum absolute atomic E-state index is 13.9. The number of hydrogen-bond acceptors (Lipinski definition) is 4. The van der Waals surface area contributed by atoms with Gasteiger partial charge in [-0.25, -0.2) is 9.58 Å². The summed E-state index contributed by atoms with van der Waals surface area (Å²) in [6.07, 6.45) is 4.62. The van der Waals surface area contributed by atoms with E-state index < -0.39 is 17.7 Å². The Morgan fingerprint density at radius 3 is 2.42 bits per heavy atom. The molecule has 0 saturated carbocycles. The number of pyridine rings is 1. The molecular weight excluding hydrogens is 476 g/mol. The molecule has 180 valence electrons. The van der Waals surface area contributed by atoms with Crippen molar-refractivity contribution in [3.05, 3.63) is 101 Å². The first-order valence-corrected chi connectivity index (χ1v) is 12.0. The number of halogens is 1. The van der Waals surface area contributed by atoms with Gasteiger partial charge in [0.25, 0.3) is 11.6 Å². The Bertz CT molecular complexity index is 1530. The van der Waals surface area contributed by atoms with E-state index in [2.05, 4.69) is 5.10 Å². The van der Waals surface area contributed by atoms with Gasteiger partial charge in [0.1, 0.15) is 5.57 Å². The molecule has 0 atom stereocenters. The molecule has 2 aromatic carbocycles. The number of carbonyl (C=O) groups excluding carboxylic acids is 2. The van der Waals surface area contributed by atoms with Gasteiger partial charge in [0.15, 0.2) is 12.4 Å². The van der Waals surface area contributed by atoms with Crippen LogP contribution in [0.4, 0.5) is 5.69 Å². The van der Waals surface area contributed by atoms with Crippen LogP contribution in [0.25, 0.3) is 17.0 Å². The monoisotopic (exact) mass is 498 g/mol. The van der Waals surface area contributed by atoms with Crippen molar-refractivity contribution in [1.29, 1.82) is 0 Å². The average Bonchev–Trinajstić information content (AvgIpc) is 3.31. The molecule has 3 heterocycles. The number of para-hydroxylation sites is 1. The van der Waals surface area contributed by atoms with E-state index in [0.29, 0.717) is 34.9 Å². The zero-order valence-electron chi connectivity index (χ0n) is 19.8. The van der Waals surface area contributed by atoms with Crippen molar-refractivity contribution in [2.24, 2.45) is 0 Å². The van der Waals surface area contributed by atoms with E-state index in [4.69, 9.17) is 11.6 Å². The van der Waals surface area contributed by atoms with Crippen LogP contribution in [0.5, 0.6) is 5.88 Å². The van der Waals surface area contributed by atoms with Crippen LogP contribution in [0.1, 0.15) is 30.2 Å². The van der Waals surface area contributed by atoms with Gasteiger partial charge in [0.05, 0.1) is 17.1 Å². The largest absolute Gasteiger partial charge is 0.858 e. The molecule has 1 aliphatic heterocycles. The Hall–Kier alpha value is -4.23. The fourth-order valence-corrected chi connectivity index (χ4v) is 4.60. The van der Waals surface area contributed by atoms with Gasteiger partial charge in [-0.15, -0.1) is 0 Å². The third kappa shape index (κ3) is 3.97. The molecule has 0 fully saturated rings. The Morgan fingerprint density at radius 2 is 1.72 bits per heavy atom. The van der Waals surface area contributed by atoms with Gasteiger partial charge in [-0.05, 0) is 55.6 Å². The normalized spacial score (nSPS) is 13.7. The molecule has 0 unspecified atom stereocenters. The number of benzene rings is 2. The fraction of sp³-hybridized carbons (Fsp3) is 0.143. The third-order valence-electron chi connectivity index (χ3n) is 5.99. The molecule has 0 aliphatic carbocycles. The Morgan fingerprint density at radius 1 is 0.972 bits per heavy atom. The van der Waals surface area contributed by atoms with Gasteiger partial charge in [-0.1, -0.05) is 49.2 Å². The second-order valence-corrected chi connectivity index (χ2v) is 9.00. The molecule has 0 bridgehead atoms. The van der Waals surface area contributed by atoms with E-state index in [0.717, 1.165) is 10.5 Å². The van der Waals surface area contributed by atoms with Gasteiger partial charge in [-0.3, -0.25) is 9.59 Å². The summed E-state index contributed by atoms with van der Waals surface area (Å²) in [5.41, 5.74) is 2.57. The average molecular weight is 499 g/mol. The lowest BCUT2D eigenvalue weighted by Gasteiger charge is -2.15. The van der Waals surface area contributed by atoms with Crippen molar-refractivity contribution in [2.75, 3.05) is 4.90 Å². The molecule has 0 saturated heterocycles. The van der Waals surface area contributed by atoms with Crippen LogP contribution in [0.15, 0.2) is 79.1 Å². The SMILES string of the molecule is CCCc1nn(-c2cccc(Cl)c2)c([O-])c1C1=C([n+]2cccc(C)c2)C(=O)N(c2ccccc2)C1=O. The molecule has 36 heavy (non-hydrogen) atoms. The molecule has 0 radical (unpaired) electrons. The summed E-state index contributed by atoms with van der Waals surface area (Å²) in [6.45, 7) is 3.86. The lowest BCUT2D eigenvalue weighted by molar-refractivity contribution is -0.577. The summed E-state index contributed by atoms with van der Waals surface area (Å²) in [6, 6.07) is 19.2. The minimum absolute atomic E-state index is 0.0428. The second kappa shape index (κ2) is 9.43. The van der Waals surface area contributed by atoms with Gasteiger partial charge < -0.3 is 5.11 Å². The van der Waals surface area contributed by atoms with Crippen LogP contribution in [0.2, 0.25) is 5.02 Å². The Labute approximate surface area is 213 Å². The number of carbonyl (C=O) groups is 2. The van der Waals surface area contributed by atoms with E-state index >= 15 is 0 Å². The number of amides is 2. The summed E-state index contributed by atoms with van der Waals surface area (Å²) in [7, 11) is 0. The highest BCUT2D eigenvalue weighted by Gasteiger charge is 2.47. The maximum atomic E-state index is 13.9. The van der Waals surface area contributed by atoms with Crippen molar-refractivity contribution in [3.8, 4) is 11.6 Å². The summed E-state index contributed by atoms with van der Waals surface area (Å²) in [5.74, 6) is -1.54. The van der Waals surface area contributed by atoms with Crippen molar-refractivity contribution >= 4 is 40.4 Å². The summed E-state index contributed by atoms with van der Waals surface area (Å²) >= 11 is 6.17. The predicted octanol–water partition coefficient (Wildman–Crippen LogP) is 4.09. The predicted molar refractivity (Wildman–Crippen MR) is 135 cm³/mol. The summed E-state index contributed by atoms with van der Waals surface area (Å²) in [4.78, 5) is 28.8. The number of nitrogens with zero attached hydrogens (tertiary/aromatic N) is 4. The molecule has 1 aliphatic rings. The molecule has 7 nitrogen and oxygen atoms in total. The van der Waals surface area contributed by atoms with Crippen LogP contribution in [-0.4, -0.2) is 21.6 Å². The van der Waals surface area contributed by atoms with E-state index in [1.54, 1.807) is 71.6 Å². The first-order valence-electron chi connectivity index (χ1n) is 11.6. The van der Waals surface area contributed by atoms with E-state index in [1.165, 1.54) is 4.68 Å². The molecule has 4 aromatic rings. The van der Waals surface area contributed by atoms with E-state index in [9.17, 15) is 14.7 Å². The van der Waals surface area contributed by atoms with Crippen LogP contribution in [-0.2, 0) is 16.0 Å². The smallest absolute Gasteiger partial charge is 0.331 e. The minimum Gasteiger partial charge on any atom is -0.858 e. The highest BCUT2D eigenvalue weighted by atomic mass is 35.5. The summed E-state index contributed by atoms with van der Waals surface area (Å²) in [5, 5.41) is 18.9. The van der Waals surface area contributed by atoms with Crippen LogP contribution >= 0.6 is 11.6 Å². The van der Waals surface area contributed by atoms with Gasteiger partial charge in [0.2, 0.25) is 0 Å². The molecule has 2 amide bonds. The topological polar surface area (TPSA) is 82.1 Å². The van der Waals surface area contributed by atoms with Gasteiger partial charge in [0, 0.05) is 22.2 Å². The number of hydrogen-bond donors (Lipinski definition) is 0. The van der Waals surface area contributed by atoms with Crippen molar-refractivity contribution in [1.82, 2.24) is 9.78 Å². The lowest BCUT2D eigenvalue weighted by atomic mass is 10.0. The first-order chi connectivity index (χ1) is 17.4. The van der Waals surface area contributed by atoms with Crippen molar-refractivity contribution in [2.45, 2.75) is 26.7 Å². The molecule has 5 rings (SSSR count). The van der Waals surface area contributed by atoms with Crippen molar-refractivity contribution < 1.29 is 19.3 Å². The molecular formula is C28H23ClN4O3. The van der Waals surface area contributed by atoms with E-state index in [-0.39, 0.29) is 16.8 Å². The highest BCUT2D eigenvalue weighted by Crippen LogP contribution is 2.39. The second-order valence-electron chi connectivity index (χ2n) is 8.56. The van der Waals surface area contributed by atoms with Crippen LogP contribution in [0, 0.1) is 6.92 Å². The number of rotatable bonds is 6. The lowest BCUT2D eigenvalue weighted by Crippen LogP contribution is -2.39. The zero-order chi connectivity index (χ0) is 25.4. The maximum Gasteiger partial charge on any atom is 0.331 e. The Kier molecular flexibility index (Phi) is 6.16. The minimum atomic E-state index is -0.560. The standard InChI is InChI=1S/C28H23ClN4O3/c1-3-9-22-23(27(35)33(30-22)21-14-7-11-19(29)16-21)24-25(31-15-8-10-18(2)17-31)28(36)32(26(24)34)20-12-5-4-6-13-20/h4-8,10-17H,3,9H2,1-2H3. The fourth-order valence-electron chi connectivity index (χ4n) is 4.42. The number of anilines is 1. The number of aryl methyl sites for hydroxylation is 2. The number of imide groups is 1. The Balaban J connectivity index is 1.79. The first kappa shape index (κ1) is 23.5. The molecule has 0 N–H and O–H groups in total. The van der Waals surface area contributed by atoms with Gasteiger partial charge >= 0.3 is 5.91 Å². The zero-order valence-corrected chi connectivity index (χ0v) is 20.6. The molecule has 2 aromatic heterocycles. The van der Waals surface area contributed by atoms with E-state index in [1.807, 2.05) is 26.0 Å². The van der Waals surface area contributed by atoms with Crippen molar-refractivity contribution in [3.63, 3.8) is 0 Å². The number of aromatic nitrogens is 3. The third-order valence-corrected chi connectivity index (χ3v) is 6.22. The van der Waals surface area contributed by atoms with Crippen LogP contribution < -0.4 is 14.6 Å². The van der Waals surface area contributed by atoms with Gasteiger partial charge in [-0.2, -0.15) is 9.67 Å². The highest BCUT2D eigenvalue weighted by molar-refractivity contribution is 6.53. The summed E-state index contributed by atoms with van der Waals surface area (Å²) < 4.78 is 2.86.